The zero-order valence-corrected chi connectivity index (χ0v) is 13.2. The van der Waals surface area contributed by atoms with E-state index >= 15 is 0 Å². The van der Waals surface area contributed by atoms with E-state index in [0.29, 0.717) is 28.1 Å². The molecule has 6 nitrogen and oxygen atoms in total. The van der Waals surface area contributed by atoms with Gasteiger partial charge in [0.05, 0.1) is 5.69 Å². The summed E-state index contributed by atoms with van der Waals surface area (Å²) in [6, 6.07) is 16.1. The monoisotopic (exact) mass is 335 g/mol. The van der Waals surface area contributed by atoms with Crippen molar-refractivity contribution in [2.45, 2.75) is 0 Å². The number of anilines is 3. The predicted molar refractivity (Wildman–Crippen MR) is 98.4 cm³/mol. The number of hydrogen-bond acceptors (Lipinski definition) is 5. The number of carbonyl (C=O) groups excluding carboxylic acids is 1. The van der Waals surface area contributed by atoms with Crippen LogP contribution < -0.4 is 16.8 Å². The van der Waals surface area contributed by atoms with Crippen LogP contribution in [0.1, 0.15) is 10.4 Å². The summed E-state index contributed by atoms with van der Waals surface area (Å²) in [6.07, 6.45) is 0. The van der Waals surface area contributed by atoms with Gasteiger partial charge in [-0.15, -0.1) is 0 Å². The van der Waals surface area contributed by atoms with Crippen LogP contribution >= 0.6 is 0 Å². The van der Waals surface area contributed by atoms with E-state index in [9.17, 15) is 15.0 Å². The molecule has 0 radical (unpaired) electrons. The number of aromatic hydroxyl groups is 2. The second-order valence-electron chi connectivity index (χ2n) is 5.55. The maximum Gasteiger partial charge on any atom is 0.255 e. The van der Waals surface area contributed by atoms with Crippen LogP contribution in [0.2, 0.25) is 0 Å². The van der Waals surface area contributed by atoms with Gasteiger partial charge in [-0.2, -0.15) is 0 Å². The smallest absolute Gasteiger partial charge is 0.255 e. The van der Waals surface area contributed by atoms with Crippen molar-refractivity contribution < 1.29 is 15.0 Å². The lowest BCUT2D eigenvalue weighted by Gasteiger charge is -2.11. The summed E-state index contributed by atoms with van der Waals surface area (Å²) in [5.41, 5.74) is 14.2. The summed E-state index contributed by atoms with van der Waals surface area (Å²) in [5, 5.41) is 22.2. The van der Waals surface area contributed by atoms with Crippen LogP contribution in [0.15, 0.2) is 60.7 Å². The third-order valence-electron chi connectivity index (χ3n) is 3.80. The summed E-state index contributed by atoms with van der Waals surface area (Å²) in [6.45, 7) is 0. The first-order valence-electron chi connectivity index (χ1n) is 7.53. The maximum atomic E-state index is 12.3. The highest BCUT2D eigenvalue weighted by Crippen LogP contribution is 2.33. The average Bonchev–Trinajstić information content (AvgIpc) is 2.59. The van der Waals surface area contributed by atoms with Crippen LogP contribution in [0.3, 0.4) is 0 Å². The first-order chi connectivity index (χ1) is 12.0. The Morgan fingerprint density at radius 3 is 2.24 bits per heavy atom. The molecule has 0 aliphatic carbocycles. The number of nitrogen functional groups attached to an aromatic ring is 2. The van der Waals surface area contributed by atoms with E-state index in [1.807, 2.05) is 0 Å². The highest BCUT2D eigenvalue weighted by molar-refractivity contribution is 6.05. The Kier molecular flexibility index (Phi) is 4.18. The van der Waals surface area contributed by atoms with Crippen LogP contribution in [0, 0.1) is 0 Å². The molecule has 0 aromatic heterocycles. The molecule has 25 heavy (non-hydrogen) atoms. The second kappa shape index (κ2) is 6.45. The molecule has 6 heteroatoms. The van der Waals surface area contributed by atoms with Crippen LogP contribution in [0.25, 0.3) is 11.1 Å². The van der Waals surface area contributed by atoms with E-state index in [1.165, 1.54) is 18.2 Å². The normalized spacial score (nSPS) is 10.4. The third-order valence-corrected chi connectivity index (χ3v) is 3.80. The highest BCUT2D eigenvalue weighted by atomic mass is 16.3. The number of rotatable bonds is 3. The van der Waals surface area contributed by atoms with Crippen molar-refractivity contribution in [1.82, 2.24) is 0 Å². The summed E-state index contributed by atoms with van der Waals surface area (Å²) in [7, 11) is 0. The lowest BCUT2D eigenvalue weighted by molar-refractivity contribution is 0.102. The summed E-state index contributed by atoms with van der Waals surface area (Å²) in [4.78, 5) is 12.3. The molecule has 126 valence electrons. The minimum atomic E-state index is -0.375. The number of carbonyl (C=O) groups is 1. The molecule has 7 N–H and O–H groups in total. The SMILES string of the molecule is Nc1ccc(NC(=O)c2ccc(-c3ccccc3O)c(N)c2)cc1O. The minimum absolute atomic E-state index is 0.104. The standard InChI is InChI=1S/C19H17N3O3/c20-15-8-6-12(10-18(15)24)22-19(25)11-5-7-13(16(21)9-11)14-3-1-2-4-17(14)23/h1-10,23-24H,20-21H2,(H,22,25). The van der Waals surface area contributed by atoms with E-state index in [4.69, 9.17) is 11.5 Å². The summed E-state index contributed by atoms with van der Waals surface area (Å²) >= 11 is 0. The predicted octanol–water partition coefficient (Wildman–Crippen LogP) is 3.18. The van der Waals surface area contributed by atoms with Crippen LogP contribution in [0.5, 0.6) is 11.5 Å². The van der Waals surface area contributed by atoms with Gasteiger partial charge >= 0.3 is 0 Å². The molecule has 0 aliphatic rings. The molecule has 0 fully saturated rings. The molecular formula is C19H17N3O3. The molecule has 0 atom stereocenters. The van der Waals surface area contributed by atoms with Crippen molar-refractivity contribution in [2.24, 2.45) is 0 Å². The molecule has 0 bridgehead atoms. The van der Waals surface area contributed by atoms with Crippen molar-refractivity contribution in [3.8, 4) is 22.6 Å². The van der Waals surface area contributed by atoms with Gasteiger partial charge < -0.3 is 27.0 Å². The fraction of sp³-hybridized carbons (Fsp3) is 0. The zero-order valence-electron chi connectivity index (χ0n) is 13.2. The first-order valence-corrected chi connectivity index (χ1v) is 7.53. The first kappa shape index (κ1) is 16.2. The van der Waals surface area contributed by atoms with E-state index in [0.717, 1.165) is 0 Å². The molecule has 0 saturated carbocycles. The molecule has 3 aromatic rings. The Morgan fingerprint density at radius 1 is 0.800 bits per heavy atom. The van der Waals surface area contributed by atoms with Gasteiger partial charge in [0.1, 0.15) is 11.5 Å². The number of para-hydroxylation sites is 1. The van der Waals surface area contributed by atoms with Crippen molar-refractivity contribution in [3.63, 3.8) is 0 Å². The molecule has 0 aliphatic heterocycles. The Bertz CT molecular complexity index is 954. The molecule has 3 aromatic carbocycles. The van der Waals surface area contributed by atoms with Gasteiger partial charge in [-0.1, -0.05) is 24.3 Å². The van der Waals surface area contributed by atoms with Gasteiger partial charge in [-0.05, 0) is 30.3 Å². The van der Waals surface area contributed by atoms with Crippen LogP contribution in [0.4, 0.5) is 17.1 Å². The van der Waals surface area contributed by atoms with E-state index < -0.39 is 0 Å². The van der Waals surface area contributed by atoms with Crippen molar-refractivity contribution in [3.05, 3.63) is 66.2 Å². The Labute approximate surface area is 144 Å². The lowest BCUT2D eigenvalue weighted by Crippen LogP contribution is -2.12. The number of hydrogen-bond donors (Lipinski definition) is 5. The van der Waals surface area contributed by atoms with E-state index in [2.05, 4.69) is 5.32 Å². The van der Waals surface area contributed by atoms with Crippen molar-refractivity contribution in [1.29, 1.82) is 0 Å². The number of nitrogens with one attached hydrogen (secondary N) is 1. The van der Waals surface area contributed by atoms with Gasteiger partial charge in [0, 0.05) is 34.1 Å². The topological polar surface area (TPSA) is 122 Å². The van der Waals surface area contributed by atoms with Crippen LogP contribution in [-0.2, 0) is 0 Å². The van der Waals surface area contributed by atoms with Crippen LogP contribution in [-0.4, -0.2) is 16.1 Å². The van der Waals surface area contributed by atoms with Gasteiger partial charge in [0.25, 0.3) is 5.91 Å². The molecule has 0 saturated heterocycles. The Hall–Kier alpha value is -3.67. The largest absolute Gasteiger partial charge is 0.507 e. The fourth-order valence-corrected chi connectivity index (χ4v) is 2.48. The molecule has 0 spiro atoms. The third kappa shape index (κ3) is 3.32. The van der Waals surface area contributed by atoms with Gasteiger partial charge in [-0.3, -0.25) is 4.79 Å². The molecule has 0 unspecified atom stereocenters. The van der Waals surface area contributed by atoms with Gasteiger partial charge in [0.2, 0.25) is 0 Å². The number of amides is 1. The highest BCUT2D eigenvalue weighted by Gasteiger charge is 2.12. The van der Waals surface area contributed by atoms with Crippen molar-refractivity contribution in [2.75, 3.05) is 16.8 Å². The quantitative estimate of drug-likeness (QED) is 0.372. The molecule has 0 heterocycles. The average molecular weight is 335 g/mol. The van der Waals surface area contributed by atoms with E-state index in [-0.39, 0.29) is 23.1 Å². The number of nitrogens with two attached hydrogens (primary N) is 2. The van der Waals surface area contributed by atoms with Crippen molar-refractivity contribution >= 4 is 23.0 Å². The van der Waals surface area contributed by atoms with Gasteiger partial charge in [0.15, 0.2) is 0 Å². The van der Waals surface area contributed by atoms with E-state index in [1.54, 1.807) is 42.5 Å². The Balaban J connectivity index is 1.86. The van der Waals surface area contributed by atoms with Gasteiger partial charge in [-0.25, -0.2) is 0 Å². The minimum Gasteiger partial charge on any atom is -0.507 e. The maximum absolute atomic E-state index is 12.3. The number of phenols is 2. The second-order valence-corrected chi connectivity index (χ2v) is 5.55. The summed E-state index contributed by atoms with van der Waals surface area (Å²) in [5.74, 6) is -0.365. The Morgan fingerprint density at radius 2 is 1.56 bits per heavy atom. The lowest BCUT2D eigenvalue weighted by atomic mass is 10.0. The number of benzene rings is 3. The fourth-order valence-electron chi connectivity index (χ4n) is 2.48. The summed E-state index contributed by atoms with van der Waals surface area (Å²) < 4.78 is 0. The zero-order chi connectivity index (χ0) is 18.0. The number of phenolic OH excluding ortho intramolecular Hbond substituents is 2. The molecule has 1 amide bonds. The molecule has 3 rings (SSSR count). The molecular weight excluding hydrogens is 318 g/mol.